The van der Waals surface area contributed by atoms with Crippen LogP contribution in [-0.2, 0) is 11.4 Å². The van der Waals surface area contributed by atoms with Crippen LogP contribution in [0.3, 0.4) is 0 Å². The van der Waals surface area contributed by atoms with E-state index in [1.807, 2.05) is 42.5 Å². The summed E-state index contributed by atoms with van der Waals surface area (Å²) in [5, 5.41) is 6.24. The predicted molar refractivity (Wildman–Crippen MR) is 135 cm³/mol. The second kappa shape index (κ2) is 9.90. The molecule has 1 amide bonds. The molecule has 1 aliphatic heterocycles. The Balaban J connectivity index is 1.49. The summed E-state index contributed by atoms with van der Waals surface area (Å²) in [5.74, 6) is -11.8. The van der Waals surface area contributed by atoms with Crippen molar-refractivity contribution in [1.82, 2.24) is 0 Å². The third kappa shape index (κ3) is 4.39. The van der Waals surface area contributed by atoms with Gasteiger partial charge in [0.1, 0.15) is 18.0 Å². The zero-order valence-electron chi connectivity index (χ0n) is 19.5. The van der Waals surface area contributed by atoms with Crippen molar-refractivity contribution in [3.8, 4) is 5.75 Å². The van der Waals surface area contributed by atoms with Crippen LogP contribution in [0.5, 0.6) is 5.75 Å². The van der Waals surface area contributed by atoms with Crippen LogP contribution in [0.4, 0.5) is 27.6 Å². The van der Waals surface area contributed by atoms with Gasteiger partial charge in [-0.25, -0.2) is 22.0 Å². The number of fused-ring (bicyclic) bond motifs is 1. The van der Waals surface area contributed by atoms with Crippen molar-refractivity contribution in [3.63, 3.8) is 0 Å². The standard InChI is InChI=1S/C28H16ClF5N2O2/c1-14-20(28(37)36(35-14)27-25(33)23(31)22(30)24(32)26(27)34)12-17-11-18(29)9-10-21(17)38-13-16-7-4-6-15-5-2-3-8-19(15)16/h2-12H,13H2,1H3/b20-12-. The summed E-state index contributed by atoms with van der Waals surface area (Å²) in [6, 6.07) is 18.2. The Morgan fingerprint density at radius 3 is 2.29 bits per heavy atom. The first-order chi connectivity index (χ1) is 18.2. The molecule has 10 heteroatoms. The highest BCUT2D eigenvalue weighted by atomic mass is 35.5. The van der Waals surface area contributed by atoms with E-state index < -0.39 is 40.7 Å². The smallest absolute Gasteiger partial charge is 0.280 e. The van der Waals surface area contributed by atoms with Crippen LogP contribution >= 0.6 is 11.6 Å². The molecule has 192 valence electrons. The van der Waals surface area contributed by atoms with E-state index in [4.69, 9.17) is 16.3 Å². The van der Waals surface area contributed by atoms with Gasteiger partial charge in [-0.3, -0.25) is 4.79 Å². The van der Waals surface area contributed by atoms with Crippen LogP contribution in [0, 0.1) is 29.1 Å². The van der Waals surface area contributed by atoms with Gasteiger partial charge < -0.3 is 4.74 Å². The minimum Gasteiger partial charge on any atom is -0.488 e. The average molecular weight is 543 g/mol. The minimum absolute atomic E-state index is 0.0149. The molecule has 0 N–H and O–H groups in total. The molecule has 5 rings (SSSR count). The Morgan fingerprint density at radius 1 is 0.895 bits per heavy atom. The zero-order chi connectivity index (χ0) is 27.1. The largest absolute Gasteiger partial charge is 0.488 e. The molecule has 0 radical (unpaired) electrons. The second-order valence-corrected chi connectivity index (χ2v) is 8.82. The van der Waals surface area contributed by atoms with Crippen molar-refractivity contribution >= 4 is 45.8 Å². The van der Waals surface area contributed by atoms with Gasteiger partial charge in [-0.2, -0.15) is 10.1 Å². The molecule has 0 fully saturated rings. The van der Waals surface area contributed by atoms with Gasteiger partial charge in [-0.05, 0) is 47.5 Å². The quantitative estimate of drug-likeness (QED) is 0.113. The molecule has 0 bridgehead atoms. The van der Waals surface area contributed by atoms with Gasteiger partial charge in [0.15, 0.2) is 23.3 Å². The van der Waals surface area contributed by atoms with Crippen molar-refractivity contribution in [2.24, 2.45) is 5.10 Å². The number of ether oxygens (including phenoxy) is 1. The molecule has 0 atom stereocenters. The van der Waals surface area contributed by atoms with Gasteiger partial charge in [-0.15, -0.1) is 0 Å². The maximum Gasteiger partial charge on any atom is 0.280 e. The van der Waals surface area contributed by atoms with E-state index in [1.54, 1.807) is 12.1 Å². The first-order valence-corrected chi connectivity index (χ1v) is 11.6. The molecule has 1 heterocycles. The maximum atomic E-state index is 14.4. The highest BCUT2D eigenvalue weighted by molar-refractivity contribution is 6.33. The number of anilines is 1. The second-order valence-electron chi connectivity index (χ2n) is 8.39. The van der Waals surface area contributed by atoms with Gasteiger partial charge in [-0.1, -0.05) is 54.1 Å². The summed E-state index contributed by atoms with van der Waals surface area (Å²) in [5.41, 5.74) is -0.378. The fraction of sp³-hybridized carbons (Fsp3) is 0.0714. The molecule has 0 unspecified atom stereocenters. The number of carbonyl (C=O) groups is 1. The van der Waals surface area contributed by atoms with Crippen LogP contribution < -0.4 is 9.75 Å². The summed E-state index contributed by atoms with van der Waals surface area (Å²) >= 11 is 6.16. The van der Waals surface area contributed by atoms with Crippen LogP contribution in [0.25, 0.3) is 16.8 Å². The van der Waals surface area contributed by atoms with Crippen LogP contribution in [0.2, 0.25) is 5.02 Å². The fourth-order valence-corrected chi connectivity index (χ4v) is 4.29. The number of hydrogen-bond donors (Lipinski definition) is 0. The Bertz CT molecular complexity index is 1650. The van der Waals surface area contributed by atoms with Gasteiger partial charge >= 0.3 is 0 Å². The third-order valence-corrected chi connectivity index (χ3v) is 6.23. The molecule has 4 aromatic rings. The average Bonchev–Trinajstić information content (AvgIpc) is 3.18. The Hall–Kier alpha value is -4.24. The number of carbonyl (C=O) groups excluding carboxylic acids is 1. The molecule has 0 saturated carbocycles. The summed E-state index contributed by atoms with van der Waals surface area (Å²) in [6.07, 6.45) is 1.33. The number of hydrogen-bond acceptors (Lipinski definition) is 3. The molecular weight excluding hydrogens is 527 g/mol. The van der Waals surface area contributed by atoms with Crippen LogP contribution in [0.1, 0.15) is 18.1 Å². The van der Waals surface area contributed by atoms with Crippen LogP contribution in [-0.4, -0.2) is 11.6 Å². The van der Waals surface area contributed by atoms with Crippen molar-refractivity contribution in [2.75, 3.05) is 5.01 Å². The highest BCUT2D eigenvalue weighted by Gasteiger charge is 2.37. The van der Waals surface area contributed by atoms with Crippen molar-refractivity contribution in [3.05, 3.63) is 111 Å². The SMILES string of the molecule is CC1=NN(c2c(F)c(F)c(F)c(F)c2F)C(=O)/C1=C\c1cc(Cl)ccc1OCc1cccc2ccccc12. The van der Waals surface area contributed by atoms with Crippen molar-refractivity contribution in [2.45, 2.75) is 13.5 Å². The Kier molecular flexibility index (Phi) is 6.62. The summed E-state index contributed by atoms with van der Waals surface area (Å²) in [6.45, 7) is 1.54. The number of halogens is 6. The third-order valence-electron chi connectivity index (χ3n) is 6.00. The van der Waals surface area contributed by atoms with E-state index in [0.29, 0.717) is 16.3 Å². The molecule has 0 aliphatic carbocycles. The monoisotopic (exact) mass is 542 g/mol. The first kappa shape index (κ1) is 25.4. The van der Waals surface area contributed by atoms with Gasteiger partial charge in [0.05, 0.1) is 11.3 Å². The molecule has 38 heavy (non-hydrogen) atoms. The number of nitrogens with zero attached hydrogens (tertiary/aromatic N) is 2. The van der Waals surface area contributed by atoms with Gasteiger partial charge in [0.25, 0.3) is 5.91 Å². The van der Waals surface area contributed by atoms with Gasteiger partial charge in [0, 0.05) is 10.6 Å². The predicted octanol–water partition coefficient (Wildman–Crippen LogP) is 7.57. The lowest BCUT2D eigenvalue weighted by atomic mass is 10.0. The number of amides is 1. The topological polar surface area (TPSA) is 41.9 Å². The first-order valence-electron chi connectivity index (χ1n) is 11.2. The molecule has 0 spiro atoms. The zero-order valence-corrected chi connectivity index (χ0v) is 20.3. The van der Waals surface area contributed by atoms with Gasteiger partial charge in [0.2, 0.25) is 5.82 Å². The maximum absolute atomic E-state index is 14.4. The van der Waals surface area contributed by atoms with E-state index >= 15 is 0 Å². The molecule has 1 aliphatic rings. The van der Waals surface area contributed by atoms with Crippen LogP contribution in [0.15, 0.2) is 71.3 Å². The lowest BCUT2D eigenvalue weighted by Crippen LogP contribution is -2.25. The summed E-state index contributed by atoms with van der Waals surface area (Å²) in [7, 11) is 0. The van der Waals surface area contributed by atoms with E-state index in [0.717, 1.165) is 16.3 Å². The minimum atomic E-state index is -2.33. The van der Waals surface area contributed by atoms with E-state index in [2.05, 4.69) is 5.10 Å². The normalized spacial score (nSPS) is 14.5. The van der Waals surface area contributed by atoms with E-state index in [9.17, 15) is 26.7 Å². The molecule has 4 aromatic carbocycles. The number of rotatable bonds is 5. The highest BCUT2D eigenvalue weighted by Crippen LogP contribution is 2.35. The Labute approximate surface area is 218 Å². The summed E-state index contributed by atoms with van der Waals surface area (Å²) < 4.78 is 75.7. The Morgan fingerprint density at radius 2 is 1.55 bits per heavy atom. The lowest BCUT2D eigenvalue weighted by Gasteiger charge is -2.15. The molecule has 0 aromatic heterocycles. The molecule has 4 nitrogen and oxygen atoms in total. The fourth-order valence-electron chi connectivity index (χ4n) is 4.11. The molecule has 0 saturated heterocycles. The van der Waals surface area contributed by atoms with Crippen molar-refractivity contribution < 1.29 is 31.5 Å². The van der Waals surface area contributed by atoms with Crippen molar-refractivity contribution in [1.29, 1.82) is 0 Å². The lowest BCUT2D eigenvalue weighted by molar-refractivity contribution is -0.114. The number of benzene rings is 4. The van der Waals surface area contributed by atoms with E-state index in [-0.39, 0.29) is 22.9 Å². The summed E-state index contributed by atoms with van der Waals surface area (Å²) in [4.78, 5) is 13.1. The van der Waals surface area contributed by atoms with E-state index in [1.165, 1.54) is 19.1 Å². The molecular formula is C28H16ClF5N2O2. The number of hydrazone groups is 1.